The molecule has 16 heavy (non-hydrogen) atoms. The zero-order valence-electron chi connectivity index (χ0n) is 8.24. The summed E-state index contributed by atoms with van der Waals surface area (Å²) in [6, 6.07) is 4.51. The highest BCUT2D eigenvalue weighted by Crippen LogP contribution is 2.21. The van der Waals surface area contributed by atoms with Crippen LogP contribution in [0.1, 0.15) is 0 Å². The lowest BCUT2D eigenvalue weighted by Gasteiger charge is -2.08. The largest absolute Gasteiger partial charge is 0.399 e. The lowest BCUT2D eigenvalue weighted by molar-refractivity contribution is 0.597. The SMILES string of the molecule is Nc1ccc(-n2ccnc2)c(S(N)(=O)=O)c1. The summed E-state index contributed by atoms with van der Waals surface area (Å²) >= 11 is 0. The summed E-state index contributed by atoms with van der Waals surface area (Å²) in [5, 5.41) is 5.12. The fraction of sp³-hybridized carbons (Fsp3) is 0. The number of nitrogens with zero attached hydrogens (tertiary/aromatic N) is 2. The van der Waals surface area contributed by atoms with E-state index in [9.17, 15) is 8.42 Å². The third-order valence-electron chi connectivity index (χ3n) is 2.07. The van der Waals surface area contributed by atoms with Gasteiger partial charge in [-0.15, -0.1) is 0 Å². The number of rotatable bonds is 2. The molecule has 0 atom stereocenters. The zero-order chi connectivity index (χ0) is 11.8. The van der Waals surface area contributed by atoms with Gasteiger partial charge in [-0.1, -0.05) is 0 Å². The number of primary sulfonamides is 1. The molecule has 0 saturated heterocycles. The Morgan fingerprint density at radius 2 is 2.06 bits per heavy atom. The van der Waals surface area contributed by atoms with Crippen LogP contribution in [0.2, 0.25) is 0 Å². The highest BCUT2D eigenvalue weighted by atomic mass is 32.2. The van der Waals surface area contributed by atoms with E-state index in [0.29, 0.717) is 11.4 Å². The summed E-state index contributed by atoms with van der Waals surface area (Å²) in [7, 11) is -3.81. The number of nitrogens with two attached hydrogens (primary N) is 2. The fourth-order valence-corrected chi connectivity index (χ4v) is 2.14. The van der Waals surface area contributed by atoms with Crippen molar-refractivity contribution >= 4 is 15.7 Å². The lowest BCUT2D eigenvalue weighted by atomic mass is 10.3. The van der Waals surface area contributed by atoms with Crippen LogP contribution in [-0.4, -0.2) is 18.0 Å². The normalized spacial score (nSPS) is 11.6. The van der Waals surface area contributed by atoms with E-state index >= 15 is 0 Å². The van der Waals surface area contributed by atoms with Crippen molar-refractivity contribution in [3.63, 3.8) is 0 Å². The van der Waals surface area contributed by atoms with E-state index in [0.717, 1.165) is 0 Å². The number of sulfonamides is 1. The van der Waals surface area contributed by atoms with Gasteiger partial charge in [-0.2, -0.15) is 0 Å². The number of anilines is 1. The summed E-state index contributed by atoms with van der Waals surface area (Å²) in [5.41, 5.74) is 6.30. The standard InChI is InChI=1S/C9H10N4O2S/c10-7-1-2-8(13-4-3-12-6-13)9(5-7)16(11,14)15/h1-6H,10H2,(H2,11,14,15). The van der Waals surface area contributed by atoms with Crippen LogP contribution in [0.25, 0.3) is 5.69 Å². The topological polar surface area (TPSA) is 104 Å². The molecule has 0 aliphatic heterocycles. The van der Waals surface area contributed by atoms with Gasteiger partial charge in [0.15, 0.2) is 0 Å². The van der Waals surface area contributed by atoms with Gasteiger partial charge in [0.25, 0.3) is 0 Å². The van der Waals surface area contributed by atoms with Crippen molar-refractivity contribution in [3.05, 3.63) is 36.9 Å². The van der Waals surface area contributed by atoms with E-state index in [2.05, 4.69) is 4.98 Å². The Morgan fingerprint density at radius 1 is 1.31 bits per heavy atom. The van der Waals surface area contributed by atoms with Crippen LogP contribution in [0.3, 0.4) is 0 Å². The number of hydrogen-bond donors (Lipinski definition) is 2. The van der Waals surface area contributed by atoms with Crippen LogP contribution in [0.5, 0.6) is 0 Å². The van der Waals surface area contributed by atoms with E-state index in [1.807, 2.05) is 0 Å². The Labute approximate surface area is 92.6 Å². The van der Waals surface area contributed by atoms with Crippen molar-refractivity contribution in [2.75, 3.05) is 5.73 Å². The van der Waals surface area contributed by atoms with Gasteiger partial charge in [0.1, 0.15) is 4.90 Å². The van der Waals surface area contributed by atoms with Crippen LogP contribution < -0.4 is 10.9 Å². The minimum atomic E-state index is -3.81. The van der Waals surface area contributed by atoms with Crippen LogP contribution in [-0.2, 0) is 10.0 Å². The molecule has 2 rings (SSSR count). The van der Waals surface area contributed by atoms with Crippen molar-refractivity contribution in [2.24, 2.45) is 5.14 Å². The van der Waals surface area contributed by atoms with E-state index < -0.39 is 10.0 Å². The molecule has 0 amide bonds. The van der Waals surface area contributed by atoms with Crippen LogP contribution >= 0.6 is 0 Å². The minimum Gasteiger partial charge on any atom is -0.399 e. The maximum Gasteiger partial charge on any atom is 0.240 e. The van der Waals surface area contributed by atoms with Crippen molar-refractivity contribution in [3.8, 4) is 5.69 Å². The molecule has 0 spiro atoms. The highest BCUT2D eigenvalue weighted by Gasteiger charge is 2.15. The second-order valence-corrected chi connectivity index (χ2v) is 4.77. The smallest absolute Gasteiger partial charge is 0.240 e. The molecule has 1 heterocycles. The molecule has 2 aromatic rings. The van der Waals surface area contributed by atoms with Crippen LogP contribution in [0.15, 0.2) is 41.8 Å². The Hall–Kier alpha value is -1.86. The Kier molecular flexibility index (Phi) is 2.41. The summed E-state index contributed by atoms with van der Waals surface area (Å²) in [6.45, 7) is 0. The van der Waals surface area contributed by atoms with Crippen molar-refractivity contribution in [1.82, 2.24) is 9.55 Å². The molecular formula is C9H10N4O2S. The maximum absolute atomic E-state index is 11.4. The molecule has 0 unspecified atom stereocenters. The number of hydrogen-bond acceptors (Lipinski definition) is 4. The first-order valence-electron chi connectivity index (χ1n) is 4.39. The van der Waals surface area contributed by atoms with Crippen LogP contribution in [0, 0.1) is 0 Å². The van der Waals surface area contributed by atoms with Gasteiger partial charge in [-0.3, -0.25) is 0 Å². The third kappa shape index (κ3) is 1.90. The van der Waals surface area contributed by atoms with E-state index in [1.165, 1.54) is 12.4 Å². The zero-order valence-corrected chi connectivity index (χ0v) is 9.05. The first-order valence-corrected chi connectivity index (χ1v) is 5.94. The Bertz CT molecular complexity index is 604. The minimum absolute atomic E-state index is 0.0227. The summed E-state index contributed by atoms with van der Waals surface area (Å²) in [6.07, 6.45) is 4.66. The second kappa shape index (κ2) is 3.62. The Morgan fingerprint density at radius 3 is 2.62 bits per heavy atom. The molecule has 0 aliphatic carbocycles. The fourth-order valence-electron chi connectivity index (χ4n) is 1.37. The molecule has 7 heteroatoms. The predicted molar refractivity (Wildman–Crippen MR) is 59.3 cm³/mol. The van der Waals surface area contributed by atoms with Gasteiger partial charge in [0.2, 0.25) is 10.0 Å². The monoisotopic (exact) mass is 238 g/mol. The van der Waals surface area contributed by atoms with Crippen LogP contribution in [0.4, 0.5) is 5.69 Å². The molecule has 0 saturated carbocycles. The first kappa shape index (κ1) is 10.7. The predicted octanol–water partition coefficient (Wildman–Crippen LogP) is 0.102. The molecule has 6 nitrogen and oxygen atoms in total. The van der Waals surface area contributed by atoms with E-state index in [4.69, 9.17) is 10.9 Å². The van der Waals surface area contributed by atoms with Gasteiger partial charge in [-0.05, 0) is 18.2 Å². The molecule has 0 radical (unpaired) electrons. The molecular weight excluding hydrogens is 228 g/mol. The molecule has 4 N–H and O–H groups in total. The van der Waals surface area contributed by atoms with Gasteiger partial charge in [0.05, 0.1) is 12.0 Å². The molecule has 0 fully saturated rings. The lowest BCUT2D eigenvalue weighted by Crippen LogP contribution is -2.15. The maximum atomic E-state index is 11.4. The van der Waals surface area contributed by atoms with E-state index in [-0.39, 0.29) is 4.90 Å². The third-order valence-corrected chi connectivity index (χ3v) is 3.01. The van der Waals surface area contributed by atoms with Gasteiger partial charge < -0.3 is 10.3 Å². The van der Waals surface area contributed by atoms with Crippen molar-refractivity contribution in [2.45, 2.75) is 4.90 Å². The molecule has 0 bridgehead atoms. The average Bonchev–Trinajstić information content (AvgIpc) is 2.69. The second-order valence-electron chi connectivity index (χ2n) is 3.24. The Balaban J connectivity index is 2.72. The number of aromatic nitrogens is 2. The molecule has 1 aromatic heterocycles. The van der Waals surface area contributed by atoms with E-state index in [1.54, 1.807) is 29.1 Å². The summed E-state index contributed by atoms with van der Waals surface area (Å²) in [4.78, 5) is 3.82. The first-order chi connectivity index (χ1) is 7.48. The molecule has 84 valence electrons. The van der Waals surface area contributed by atoms with Crippen molar-refractivity contribution < 1.29 is 8.42 Å². The van der Waals surface area contributed by atoms with Gasteiger partial charge >= 0.3 is 0 Å². The molecule has 1 aromatic carbocycles. The number of benzene rings is 1. The average molecular weight is 238 g/mol. The number of imidazole rings is 1. The quantitative estimate of drug-likeness (QED) is 0.724. The van der Waals surface area contributed by atoms with Crippen molar-refractivity contribution in [1.29, 1.82) is 0 Å². The molecule has 0 aliphatic rings. The van der Waals surface area contributed by atoms with Gasteiger partial charge in [0, 0.05) is 18.1 Å². The number of nitrogen functional groups attached to an aromatic ring is 1. The summed E-state index contributed by atoms with van der Waals surface area (Å²) < 4.78 is 24.3. The summed E-state index contributed by atoms with van der Waals surface area (Å²) in [5.74, 6) is 0. The highest BCUT2D eigenvalue weighted by molar-refractivity contribution is 7.89. The van der Waals surface area contributed by atoms with Gasteiger partial charge in [-0.25, -0.2) is 18.5 Å².